The predicted octanol–water partition coefficient (Wildman–Crippen LogP) is 1.40. The molecule has 13 heavy (non-hydrogen) atoms. The third kappa shape index (κ3) is 0.919. The Hall–Kier alpha value is -0.280. The summed E-state index contributed by atoms with van der Waals surface area (Å²) >= 11 is 1.90. The zero-order valence-corrected chi connectivity index (χ0v) is 8.13. The van der Waals surface area contributed by atoms with Gasteiger partial charge in [-0.1, -0.05) is 12.2 Å². The molecule has 3 rings (SSSR count). The Balaban J connectivity index is 1.93. The molecule has 0 aliphatic carbocycles. The van der Waals surface area contributed by atoms with Gasteiger partial charge in [-0.3, -0.25) is 0 Å². The van der Waals surface area contributed by atoms with Gasteiger partial charge in [-0.05, 0) is 12.2 Å². The third-order valence-electron chi connectivity index (χ3n) is 3.39. The molecule has 3 heteroatoms. The second-order valence-electron chi connectivity index (χ2n) is 4.03. The molecule has 0 amide bonds. The molecule has 3 heterocycles. The highest BCUT2D eigenvalue weighted by atomic mass is 32.2. The maximum Gasteiger partial charge on any atom is 0.121 e. The lowest BCUT2D eigenvalue weighted by atomic mass is 9.81. The number of thioether (sulfide) groups is 1. The molecule has 2 fully saturated rings. The van der Waals surface area contributed by atoms with Crippen LogP contribution in [0.1, 0.15) is 12.8 Å². The Labute approximate surface area is 81.7 Å². The van der Waals surface area contributed by atoms with Crippen LogP contribution < -0.4 is 0 Å². The van der Waals surface area contributed by atoms with Gasteiger partial charge in [0.1, 0.15) is 11.9 Å². The Kier molecular flexibility index (Phi) is 1.62. The largest absolute Gasteiger partial charge is 0.362 e. The molecule has 0 aromatic carbocycles. The lowest BCUT2D eigenvalue weighted by Crippen LogP contribution is -2.38. The molecule has 0 N–H and O–H groups in total. The van der Waals surface area contributed by atoms with Gasteiger partial charge in [0.25, 0.3) is 0 Å². The first kappa shape index (κ1) is 8.06. The fourth-order valence-corrected chi connectivity index (χ4v) is 4.43. The smallest absolute Gasteiger partial charge is 0.121 e. The summed E-state index contributed by atoms with van der Waals surface area (Å²) in [6, 6.07) is 0. The summed E-state index contributed by atoms with van der Waals surface area (Å²) in [7, 11) is 0. The maximum atomic E-state index is 10.5. The summed E-state index contributed by atoms with van der Waals surface area (Å²) in [5.74, 6) is 1.83. The number of hydrogen-bond donors (Lipinski definition) is 0. The lowest BCUT2D eigenvalue weighted by molar-refractivity contribution is -0.108. The fraction of sp³-hybridized carbons (Fsp3) is 0.700. The highest BCUT2D eigenvalue weighted by molar-refractivity contribution is 8.00. The first-order valence-electron chi connectivity index (χ1n) is 4.77. The minimum absolute atomic E-state index is 0.0593. The first-order chi connectivity index (χ1) is 6.35. The molecule has 3 aliphatic rings. The van der Waals surface area contributed by atoms with E-state index in [1.54, 1.807) is 0 Å². The Morgan fingerprint density at radius 1 is 1.69 bits per heavy atom. The number of carbonyl (C=O) groups is 1. The van der Waals surface area contributed by atoms with Crippen molar-refractivity contribution in [2.45, 2.75) is 29.8 Å². The molecule has 0 aromatic heterocycles. The van der Waals surface area contributed by atoms with E-state index < -0.39 is 0 Å². The van der Waals surface area contributed by atoms with Crippen molar-refractivity contribution in [1.29, 1.82) is 0 Å². The van der Waals surface area contributed by atoms with Gasteiger partial charge in [-0.15, -0.1) is 0 Å². The number of carbonyl (C=O) groups excluding carboxylic acids is 1. The van der Waals surface area contributed by atoms with Crippen LogP contribution in [-0.2, 0) is 9.53 Å². The van der Waals surface area contributed by atoms with Gasteiger partial charge in [0.15, 0.2) is 0 Å². The van der Waals surface area contributed by atoms with Crippen molar-refractivity contribution >= 4 is 18.0 Å². The van der Waals surface area contributed by atoms with Crippen molar-refractivity contribution in [3.8, 4) is 0 Å². The van der Waals surface area contributed by atoms with Crippen LogP contribution in [0, 0.1) is 5.92 Å². The normalized spacial score (nSPS) is 51.2. The molecule has 2 nitrogen and oxygen atoms in total. The van der Waals surface area contributed by atoms with Crippen LogP contribution in [0.5, 0.6) is 0 Å². The van der Waals surface area contributed by atoms with E-state index in [2.05, 4.69) is 12.2 Å². The van der Waals surface area contributed by atoms with Crippen molar-refractivity contribution in [1.82, 2.24) is 0 Å². The quantitative estimate of drug-likeness (QED) is 0.493. The number of aldehydes is 1. The Morgan fingerprint density at radius 3 is 3.38 bits per heavy atom. The Morgan fingerprint density at radius 2 is 2.62 bits per heavy atom. The second kappa shape index (κ2) is 2.61. The van der Waals surface area contributed by atoms with E-state index in [9.17, 15) is 4.79 Å². The van der Waals surface area contributed by atoms with Crippen LogP contribution >= 0.6 is 11.8 Å². The molecular formula is C10H12O2S. The monoisotopic (exact) mass is 196 g/mol. The summed E-state index contributed by atoms with van der Waals surface area (Å²) in [6.45, 7) is 0. The van der Waals surface area contributed by atoms with Gasteiger partial charge in [0.05, 0.1) is 6.10 Å². The van der Waals surface area contributed by atoms with Crippen molar-refractivity contribution in [2.24, 2.45) is 5.92 Å². The van der Waals surface area contributed by atoms with Crippen LogP contribution in [-0.4, -0.2) is 29.0 Å². The van der Waals surface area contributed by atoms with Crippen LogP contribution in [0.4, 0.5) is 0 Å². The van der Waals surface area contributed by atoms with Crippen LogP contribution in [0.15, 0.2) is 12.2 Å². The van der Waals surface area contributed by atoms with E-state index in [0.717, 1.165) is 6.29 Å². The minimum atomic E-state index is -0.0593. The van der Waals surface area contributed by atoms with Crippen LogP contribution in [0.2, 0.25) is 0 Å². The number of ether oxygens (including phenoxy) is 1. The van der Waals surface area contributed by atoms with E-state index in [0.29, 0.717) is 23.7 Å². The first-order valence-corrected chi connectivity index (χ1v) is 5.82. The zero-order chi connectivity index (χ0) is 8.89. The minimum Gasteiger partial charge on any atom is -0.362 e. The SMILES string of the molecule is O=CC[C@@H]1SC[C@@H]2C[C@H]3C=C[C@]21O3. The topological polar surface area (TPSA) is 26.3 Å². The van der Waals surface area contributed by atoms with Gasteiger partial charge in [-0.25, -0.2) is 0 Å². The van der Waals surface area contributed by atoms with Gasteiger partial charge in [0.2, 0.25) is 0 Å². The van der Waals surface area contributed by atoms with E-state index >= 15 is 0 Å². The van der Waals surface area contributed by atoms with Crippen molar-refractivity contribution in [3.63, 3.8) is 0 Å². The van der Waals surface area contributed by atoms with Crippen molar-refractivity contribution in [3.05, 3.63) is 12.2 Å². The van der Waals surface area contributed by atoms with Crippen LogP contribution in [0.25, 0.3) is 0 Å². The molecule has 70 valence electrons. The van der Waals surface area contributed by atoms with Gasteiger partial charge < -0.3 is 9.53 Å². The Bertz CT molecular complexity index is 276. The standard InChI is InChI=1S/C10H12O2S/c11-4-2-9-10-3-1-8(12-10)5-7(10)6-13-9/h1,3-4,7-9H,2,5-6H2/t7-,8+,9-,10-/m0/s1. The molecule has 1 spiro atoms. The fourth-order valence-electron chi connectivity index (χ4n) is 2.77. The molecule has 0 saturated carbocycles. The molecule has 0 unspecified atom stereocenters. The highest BCUT2D eigenvalue weighted by Gasteiger charge is 2.58. The third-order valence-corrected chi connectivity index (χ3v) is 4.95. The summed E-state index contributed by atoms with van der Waals surface area (Å²) in [4.78, 5) is 10.5. The van der Waals surface area contributed by atoms with E-state index in [1.807, 2.05) is 11.8 Å². The predicted molar refractivity (Wildman–Crippen MR) is 51.8 cm³/mol. The lowest BCUT2D eigenvalue weighted by Gasteiger charge is -2.27. The van der Waals surface area contributed by atoms with Gasteiger partial charge >= 0.3 is 0 Å². The molecule has 0 radical (unpaired) electrons. The number of hydrogen-bond acceptors (Lipinski definition) is 3. The molecular weight excluding hydrogens is 184 g/mol. The molecule has 4 atom stereocenters. The average Bonchev–Trinajstić information content (AvgIpc) is 2.76. The summed E-state index contributed by atoms with van der Waals surface area (Å²) in [6.07, 6.45) is 7.55. The molecule has 2 bridgehead atoms. The summed E-state index contributed by atoms with van der Waals surface area (Å²) in [5, 5.41) is 0.374. The second-order valence-corrected chi connectivity index (χ2v) is 5.26. The van der Waals surface area contributed by atoms with E-state index in [-0.39, 0.29) is 5.60 Å². The van der Waals surface area contributed by atoms with Crippen molar-refractivity contribution < 1.29 is 9.53 Å². The summed E-state index contributed by atoms with van der Waals surface area (Å²) in [5.41, 5.74) is -0.0593. The van der Waals surface area contributed by atoms with Gasteiger partial charge in [0, 0.05) is 17.6 Å². The highest BCUT2D eigenvalue weighted by Crippen LogP contribution is 2.55. The van der Waals surface area contributed by atoms with Gasteiger partial charge in [-0.2, -0.15) is 11.8 Å². The molecule has 2 saturated heterocycles. The van der Waals surface area contributed by atoms with E-state index in [4.69, 9.17) is 4.74 Å². The van der Waals surface area contributed by atoms with E-state index in [1.165, 1.54) is 12.2 Å². The van der Waals surface area contributed by atoms with Crippen LogP contribution in [0.3, 0.4) is 0 Å². The number of rotatable bonds is 2. The average molecular weight is 196 g/mol. The summed E-state index contributed by atoms with van der Waals surface area (Å²) < 4.78 is 5.96. The zero-order valence-electron chi connectivity index (χ0n) is 7.31. The molecule has 0 aromatic rings. The number of fused-ring (bicyclic) bond motifs is 1. The molecule has 3 aliphatic heterocycles. The van der Waals surface area contributed by atoms with Crippen molar-refractivity contribution in [2.75, 3.05) is 5.75 Å². The maximum absolute atomic E-state index is 10.5.